The van der Waals surface area contributed by atoms with E-state index in [2.05, 4.69) is 10.6 Å². The molecular formula is C21H17F2N3O5S. The number of aromatic hydroxyl groups is 1. The van der Waals surface area contributed by atoms with Crippen molar-refractivity contribution < 1.29 is 31.9 Å². The topological polar surface area (TPSA) is 139 Å². The number of hydrogen-bond acceptors (Lipinski definition) is 5. The number of hydrogen-bond donors (Lipinski definition) is 4. The number of phenolic OH excluding ortho intramolecular Hbond substituents is 1. The predicted octanol–water partition coefficient (Wildman–Crippen LogP) is 2.50. The van der Waals surface area contributed by atoms with Crippen LogP contribution in [0, 0.1) is 11.6 Å². The minimum Gasteiger partial charge on any atom is -0.507 e. The molecule has 0 aliphatic carbocycles. The van der Waals surface area contributed by atoms with E-state index < -0.39 is 39.2 Å². The molecule has 0 aromatic heterocycles. The van der Waals surface area contributed by atoms with Gasteiger partial charge in [0.2, 0.25) is 10.0 Å². The third-order valence-corrected chi connectivity index (χ3v) is 5.22. The average Bonchev–Trinajstić information content (AvgIpc) is 2.71. The molecule has 0 aliphatic rings. The molecule has 0 unspecified atom stereocenters. The number of halogens is 2. The smallest absolute Gasteiger partial charge is 0.255 e. The normalized spacial score (nSPS) is 11.1. The van der Waals surface area contributed by atoms with Crippen molar-refractivity contribution in [2.75, 3.05) is 5.32 Å². The Kier molecular flexibility index (Phi) is 6.51. The predicted molar refractivity (Wildman–Crippen MR) is 111 cm³/mol. The lowest BCUT2D eigenvalue weighted by Gasteiger charge is -2.10. The molecule has 0 spiro atoms. The van der Waals surface area contributed by atoms with Gasteiger partial charge in [0.1, 0.15) is 17.4 Å². The Morgan fingerprint density at radius 2 is 1.62 bits per heavy atom. The van der Waals surface area contributed by atoms with Crippen LogP contribution in [0.2, 0.25) is 0 Å². The summed E-state index contributed by atoms with van der Waals surface area (Å²) in [5.41, 5.74) is 0.193. The van der Waals surface area contributed by atoms with E-state index in [4.69, 9.17) is 5.14 Å². The number of primary sulfonamides is 1. The molecule has 166 valence electrons. The van der Waals surface area contributed by atoms with Crippen molar-refractivity contribution >= 4 is 27.5 Å². The van der Waals surface area contributed by atoms with Gasteiger partial charge in [-0.3, -0.25) is 9.59 Å². The molecule has 0 bridgehead atoms. The zero-order valence-electron chi connectivity index (χ0n) is 16.3. The van der Waals surface area contributed by atoms with Crippen LogP contribution < -0.4 is 15.8 Å². The fourth-order valence-electron chi connectivity index (χ4n) is 2.80. The minimum atomic E-state index is -3.89. The maximum atomic E-state index is 13.3. The molecule has 0 saturated heterocycles. The van der Waals surface area contributed by atoms with Crippen LogP contribution in [0.4, 0.5) is 14.5 Å². The highest BCUT2D eigenvalue weighted by molar-refractivity contribution is 7.89. The van der Waals surface area contributed by atoms with E-state index in [9.17, 15) is 31.9 Å². The van der Waals surface area contributed by atoms with Gasteiger partial charge in [0.25, 0.3) is 11.8 Å². The molecule has 11 heteroatoms. The number of nitrogens with one attached hydrogen (secondary N) is 2. The summed E-state index contributed by atoms with van der Waals surface area (Å²) in [7, 11) is -3.89. The minimum absolute atomic E-state index is 0.0365. The number of sulfonamides is 1. The highest BCUT2D eigenvalue weighted by atomic mass is 32.2. The van der Waals surface area contributed by atoms with E-state index >= 15 is 0 Å². The maximum Gasteiger partial charge on any atom is 0.255 e. The van der Waals surface area contributed by atoms with Crippen molar-refractivity contribution in [1.82, 2.24) is 5.32 Å². The van der Waals surface area contributed by atoms with Crippen LogP contribution >= 0.6 is 0 Å². The Morgan fingerprint density at radius 1 is 0.938 bits per heavy atom. The SMILES string of the molecule is NS(=O)(=O)c1cccc(CNC(=O)c2ccc(NC(=O)c3cc(F)cc(F)c3)cc2O)c1. The highest BCUT2D eigenvalue weighted by Gasteiger charge is 2.15. The van der Waals surface area contributed by atoms with Crippen molar-refractivity contribution in [1.29, 1.82) is 0 Å². The lowest BCUT2D eigenvalue weighted by Crippen LogP contribution is -2.23. The van der Waals surface area contributed by atoms with Gasteiger partial charge in [0.15, 0.2) is 0 Å². The molecule has 0 atom stereocenters. The van der Waals surface area contributed by atoms with E-state index in [1.165, 1.54) is 30.3 Å². The van der Waals surface area contributed by atoms with Crippen LogP contribution in [0.25, 0.3) is 0 Å². The van der Waals surface area contributed by atoms with Gasteiger partial charge in [0.05, 0.1) is 10.5 Å². The number of carbonyl (C=O) groups is 2. The van der Waals surface area contributed by atoms with Crippen molar-refractivity contribution in [2.45, 2.75) is 11.4 Å². The average molecular weight is 461 g/mol. The molecule has 3 aromatic carbocycles. The molecular weight excluding hydrogens is 444 g/mol. The van der Waals surface area contributed by atoms with Gasteiger partial charge >= 0.3 is 0 Å². The number of nitrogens with two attached hydrogens (primary N) is 1. The first-order chi connectivity index (χ1) is 15.0. The van der Waals surface area contributed by atoms with Crippen LogP contribution in [0.5, 0.6) is 5.75 Å². The number of benzene rings is 3. The number of anilines is 1. The summed E-state index contributed by atoms with van der Waals surface area (Å²) in [6, 6.07) is 11.7. The molecule has 0 saturated carbocycles. The van der Waals surface area contributed by atoms with E-state index in [1.807, 2.05) is 0 Å². The van der Waals surface area contributed by atoms with Crippen molar-refractivity contribution in [3.05, 3.63) is 89.0 Å². The fraction of sp³-hybridized carbons (Fsp3) is 0.0476. The van der Waals surface area contributed by atoms with Crippen LogP contribution in [0.15, 0.2) is 65.6 Å². The van der Waals surface area contributed by atoms with Crippen LogP contribution in [0.3, 0.4) is 0 Å². The Balaban J connectivity index is 1.68. The molecule has 3 rings (SSSR count). The Labute approximate surface area is 181 Å². The first kappa shape index (κ1) is 22.8. The second kappa shape index (κ2) is 9.12. The zero-order valence-corrected chi connectivity index (χ0v) is 17.1. The second-order valence-electron chi connectivity index (χ2n) is 6.72. The molecule has 8 nitrogen and oxygen atoms in total. The Bertz CT molecular complexity index is 1290. The van der Waals surface area contributed by atoms with Gasteiger partial charge in [-0.15, -0.1) is 0 Å². The summed E-state index contributed by atoms with van der Waals surface area (Å²) in [5.74, 6) is -3.76. The number of carbonyl (C=O) groups excluding carboxylic acids is 2. The second-order valence-corrected chi connectivity index (χ2v) is 8.28. The fourth-order valence-corrected chi connectivity index (χ4v) is 3.38. The maximum absolute atomic E-state index is 13.3. The molecule has 32 heavy (non-hydrogen) atoms. The summed E-state index contributed by atoms with van der Waals surface area (Å²) in [5, 5.41) is 20.1. The van der Waals surface area contributed by atoms with E-state index in [1.54, 1.807) is 6.07 Å². The quantitative estimate of drug-likeness (QED) is 0.447. The van der Waals surface area contributed by atoms with E-state index in [-0.39, 0.29) is 28.3 Å². The molecule has 2 amide bonds. The van der Waals surface area contributed by atoms with Crippen molar-refractivity contribution in [3.8, 4) is 5.75 Å². The third kappa shape index (κ3) is 5.65. The molecule has 0 fully saturated rings. The highest BCUT2D eigenvalue weighted by Crippen LogP contribution is 2.23. The molecule has 0 radical (unpaired) electrons. The summed E-state index contributed by atoms with van der Waals surface area (Å²) in [6.07, 6.45) is 0. The van der Waals surface area contributed by atoms with Crippen LogP contribution in [-0.4, -0.2) is 25.3 Å². The summed E-state index contributed by atoms with van der Waals surface area (Å²) >= 11 is 0. The number of rotatable bonds is 6. The first-order valence-electron chi connectivity index (χ1n) is 9.03. The summed E-state index contributed by atoms with van der Waals surface area (Å²) < 4.78 is 49.4. The van der Waals surface area contributed by atoms with Gasteiger partial charge < -0.3 is 15.7 Å². The Morgan fingerprint density at radius 3 is 2.25 bits per heavy atom. The number of amides is 2. The lowest BCUT2D eigenvalue weighted by molar-refractivity contribution is 0.0947. The summed E-state index contributed by atoms with van der Waals surface area (Å²) in [4.78, 5) is 24.4. The Hall–Kier alpha value is -3.83. The third-order valence-electron chi connectivity index (χ3n) is 4.31. The zero-order chi connectivity index (χ0) is 23.5. The first-order valence-corrected chi connectivity index (χ1v) is 10.6. The largest absolute Gasteiger partial charge is 0.507 e. The van der Waals surface area contributed by atoms with E-state index in [0.717, 1.165) is 18.2 Å². The standard InChI is InChI=1S/C21H17F2N3O5S/c22-14-7-13(8-15(23)9-14)20(28)26-16-4-5-18(19(27)10-16)21(29)25-11-12-2-1-3-17(6-12)32(24,30)31/h1-10,27H,11H2,(H,25,29)(H,26,28)(H2,24,30,31). The molecule has 0 heterocycles. The molecule has 5 N–H and O–H groups in total. The van der Waals surface area contributed by atoms with Crippen LogP contribution in [0.1, 0.15) is 26.3 Å². The monoisotopic (exact) mass is 461 g/mol. The molecule has 0 aliphatic heterocycles. The van der Waals surface area contributed by atoms with Gasteiger partial charge in [-0.2, -0.15) is 0 Å². The number of phenols is 1. The summed E-state index contributed by atoms with van der Waals surface area (Å²) in [6.45, 7) is -0.0365. The lowest BCUT2D eigenvalue weighted by atomic mass is 10.1. The van der Waals surface area contributed by atoms with Crippen LogP contribution in [-0.2, 0) is 16.6 Å². The van der Waals surface area contributed by atoms with Crippen molar-refractivity contribution in [3.63, 3.8) is 0 Å². The van der Waals surface area contributed by atoms with Gasteiger partial charge in [0, 0.05) is 29.9 Å². The van der Waals surface area contributed by atoms with Gasteiger partial charge in [-0.1, -0.05) is 12.1 Å². The molecule has 3 aromatic rings. The van der Waals surface area contributed by atoms with Gasteiger partial charge in [-0.05, 0) is 42.0 Å². The van der Waals surface area contributed by atoms with Crippen molar-refractivity contribution in [2.24, 2.45) is 5.14 Å². The van der Waals surface area contributed by atoms with Gasteiger partial charge in [-0.25, -0.2) is 22.3 Å². The van der Waals surface area contributed by atoms with E-state index in [0.29, 0.717) is 11.6 Å².